The zero-order chi connectivity index (χ0) is 35.6. The van der Waals surface area contributed by atoms with E-state index in [0.29, 0.717) is 11.8 Å². The van der Waals surface area contributed by atoms with Gasteiger partial charge >= 0.3 is 126 Å². The van der Waals surface area contributed by atoms with E-state index in [4.69, 9.17) is 4.42 Å². The van der Waals surface area contributed by atoms with E-state index in [0.717, 1.165) is 50.0 Å². The second kappa shape index (κ2) is 15.8. The van der Waals surface area contributed by atoms with Gasteiger partial charge in [0.25, 0.3) is 0 Å². The van der Waals surface area contributed by atoms with Gasteiger partial charge in [0.1, 0.15) is 5.58 Å². The fraction of sp³-hybridized carbons (Fsp3) is 0.261. The number of fused-ring (bicyclic) bond motifs is 3. The van der Waals surface area contributed by atoms with Crippen molar-refractivity contribution in [2.45, 2.75) is 70.1 Å². The zero-order valence-electron chi connectivity index (χ0n) is 31.3. The van der Waals surface area contributed by atoms with Gasteiger partial charge in [-0.15, -0.1) is 18.2 Å². The van der Waals surface area contributed by atoms with Gasteiger partial charge in [0, 0.05) is 31.7 Å². The molecule has 263 valence electrons. The number of rotatable bonds is 6. The monoisotopic (exact) mass is 911 g/mol. The molecule has 3 heterocycles. The fourth-order valence-electron chi connectivity index (χ4n) is 6.07. The van der Waals surface area contributed by atoms with Crippen molar-refractivity contribution in [3.63, 3.8) is 0 Å². The molecule has 0 fully saturated rings. The number of hydrogen-bond donors (Lipinski definition) is 0. The van der Waals surface area contributed by atoms with Gasteiger partial charge in [0.2, 0.25) is 0 Å². The molecular formula is C46H48GeIrN2O-2. The average molecular weight is 910 g/mol. The zero-order valence-corrected chi connectivity index (χ0v) is 35.8. The van der Waals surface area contributed by atoms with Crippen LogP contribution in [0.5, 0.6) is 0 Å². The molecule has 7 rings (SSSR count). The Labute approximate surface area is 320 Å². The summed E-state index contributed by atoms with van der Waals surface area (Å²) in [5.41, 5.74) is 10.8. The largest absolute Gasteiger partial charge is 0.501 e. The molecule has 0 aliphatic heterocycles. The van der Waals surface area contributed by atoms with Crippen molar-refractivity contribution < 1.29 is 24.5 Å². The van der Waals surface area contributed by atoms with E-state index in [9.17, 15) is 0 Å². The topological polar surface area (TPSA) is 38.9 Å². The van der Waals surface area contributed by atoms with E-state index >= 15 is 0 Å². The van der Waals surface area contributed by atoms with Gasteiger partial charge in [0.15, 0.2) is 0 Å². The maximum Gasteiger partial charge on any atom is 0.121 e. The summed E-state index contributed by atoms with van der Waals surface area (Å²) in [5, 5.41) is 2.22. The molecule has 1 atom stereocenters. The maximum atomic E-state index is 6.38. The quantitative estimate of drug-likeness (QED) is 0.123. The van der Waals surface area contributed by atoms with Crippen LogP contribution in [0.4, 0.5) is 0 Å². The van der Waals surface area contributed by atoms with E-state index < -0.39 is 13.3 Å². The second-order valence-electron chi connectivity index (χ2n) is 15.7. The second-order valence-corrected chi connectivity index (χ2v) is 26.4. The van der Waals surface area contributed by atoms with Crippen LogP contribution in [0.3, 0.4) is 0 Å². The minimum atomic E-state index is -1.76. The van der Waals surface area contributed by atoms with E-state index in [2.05, 4.69) is 172 Å². The molecular weight excluding hydrogens is 861 g/mol. The first-order valence-electron chi connectivity index (χ1n) is 17.7. The molecule has 0 spiro atoms. The smallest absolute Gasteiger partial charge is 0.121 e. The first-order valence-corrected chi connectivity index (χ1v) is 25.0. The van der Waals surface area contributed by atoms with Crippen LogP contribution in [-0.2, 0) is 25.5 Å². The van der Waals surface area contributed by atoms with Crippen LogP contribution < -0.4 is 4.40 Å². The Kier molecular flexibility index (Phi) is 11.9. The Morgan fingerprint density at radius 1 is 0.706 bits per heavy atom. The van der Waals surface area contributed by atoms with Crippen LogP contribution >= 0.6 is 0 Å². The Morgan fingerprint density at radius 2 is 1.45 bits per heavy atom. The van der Waals surface area contributed by atoms with Crippen LogP contribution in [0.2, 0.25) is 17.3 Å². The molecule has 51 heavy (non-hydrogen) atoms. The normalized spacial score (nSPS) is 12.4. The first kappa shape index (κ1) is 38.4. The predicted molar refractivity (Wildman–Crippen MR) is 215 cm³/mol. The van der Waals surface area contributed by atoms with Gasteiger partial charge in [-0.25, -0.2) is 0 Å². The van der Waals surface area contributed by atoms with Crippen molar-refractivity contribution in [2.75, 3.05) is 0 Å². The molecule has 1 radical (unpaired) electrons. The molecule has 3 nitrogen and oxygen atoms in total. The standard InChI is InChI=1S/C28H24NO.C18H24GeN.Ir/c1-18(2)19(3)21-14-15-29-26(16-21)25-11-7-10-24-23-13-12-22(17-27(23)30-28(24)25)20-8-5-4-6-9-20;1-18(2,3)15-9-7-8-14(12-15)17-11-10-16(13-20-17)19(4,5)6;/h4-10,12-19H,1-3H3;7,9-13H,1-6H3;/q2*-1;. The Balaban J connectivity index is 0.000000211. The summed E-state index contributed by atoms with van der Waals surface area (Å²) in [6.07, 6.45) is 3.96. The molecule has 0 saturated heterocycles. The van der Waals surface area contributed by atoms with Crippen LogP contribution in [0.1, 0.15) is 58.6 Å². The molecule has 5 heteroatoms. The average Bonchev–Trinajstić information content (AvgIpc) is 3.49. The third kappa shape index (κ3) is 8.80. The summed E-state index contributed by atoms with van der Waals surface area (Å²) in [6, 6.07) is 42.6. The van der Waals surface area contributed by atoms with Gasteiger partial charge in [-0.3, -0.25) is 0 Å². The predicted octanol–water partition coefficient (Wildman–Crippen LogP) is 12.3. The third-order valence-electron chi connectivity index (χ3n) is 9.68. The van der Waals surface area contributed by atoms with E-state index in [1.165, 1.54) is 21.1 Å². The van der Waals surface area contributed by atoms with Crippen molar-refractivity contribution in [1.82, 2.24) is 9.97 Å². The number of furan rings is 1. The summed E-state index contributed by atoms with van der Waals surface area (Å²) in [6.45, 7) is 13.5. The molecule has 0 aliphatic rings. The van der Waals surface area contributed by atoms with E-state index in [-0.39, 0.29) is 25.5 Å². The van der Waals surface area contributed by atoms with Gasteiger partial charge < -0.3 is 9.40 Å². The van der Waals surface area contributed by atoms with Crippen LogP contribution in [-0.4, -0.2) is 23.2 Å². The third-order valence-corrected chi connectivity index (χ3v) is 13.9. The van der Waals surface area contributed by atoms with Gasteiger partial charge in [0.05, 0.1) is 5.58 Å². The van der Waals surface area contributed by atoms with Crippen molar-refractivity contribution in [1.29, 1.82) is 0 Å². The Bertz CT molecular complexity index is 2230. The number of hydrogen-bond acceptors (Lipinski definition) is 3. The molecule has 0 bridgehead atoms. The van der Waals surface area contributed by atoms with Crippen molar-refractivity contribution in [2.24, 2.45) is 5.92 Å². The van der Waals surface area contributed by atoms with Crippen molar-refractivity contribution in [3.05, 3.63) is 139 Å². The maximum absolute atomic E-state index is 6.38. The van der Waals surface area contributed by atoms with E-state index in [1.807, 2.05) is 24.4 Å². The summed E-state index contributed by atoms with van der Waals surface area (Å²) in [4.78, 5) is 9.30. The van der Waals surface area contributed by atoms with Crippen molar-refractivity contribution >= 4 is 39.6 Å². The molecule has 0 saturated carbocycles. The molecule has 4 aromatic carbocycles. The summed E-state index contributed by atoms with van der Waals surface area (Å²) in [7, 11) is 0. The molecule has 0 amide bonds. The number of aromatic nitrogens is 2. The van der Waals surface area contributed by atoms with Crippen LogP contribution in [0, 0.1) is 18.1 Å². The number of pyridine rings is 2. The summed E-state index contributed by atoms with van der Waals surface area (Å²) < 4.78 is 7.82. The molecule has 0 aliphatic carbocycles. The van der Waals surface area contributed by atoms with Gasteiger partial charge in [-0.1, -0.05) is 85.8 Å². The fourth-order valence-corrected chi connectivity index (χ4v) is 8.24. The van der Waals surface area contributed by atoms with Gasteiger partial charge in [-0.05, 0) is 40.8 Å². The number of nitrogens with zero attached hydrogens (tertiary/aromatic N) is 2. The number of benzene rings is 4. The summed E-state index contributed by atoms with van der Waals surface area (Å²) in [5.74, 6) is 8.22. The molecule has 1 unspecified atom stereocenters. The van der Waals surface area contributed by atoms with Crippen LogP contribution in [0.15, 0.2) is 120 Å². The van der Waals surface area contributed by atoms with Gasteiger partial charge in [-0.2, -0.15) is 0 Å². The molecule has 0 N–H and O–H groups in total. The molecule has 7 aromatic rings. The Hall–Kier alpha value is -3.83. The minimum Gasteiger partial charge on any atom is -0.501 e. The SMILES string of the molecule is CC(C)(C)c1cc[c-]c(-c2cc[c]([Ge]([CH3])([CH3])[CH3])cn2)c1.CC(C)C(C)c1ccnc(-c2[c-]ccc3c2oc2cc(-c4ccccc4)ccc23)c1.[Ir]. The molecule has 3 aromatic heterocycles. The van der Waals surface area contributed by atoms with Crippen LogP contribution in [0.25, 0.3) is 55.6 Å². The van der Waals surface area contributed by atoms with Crippen molar-refractivity contribution in [3.8, 4) is 33.6 Å². The minimum absolute atomic E-state index is 0. The van der Waals surface area contributed by atoms with E-state index in [1.54, 1.807) is 0 Å². The first-order chi connectivity index (χ1) is 23.8. The summed E-state index contributed by atoms with van der Waals surface area (Å²) >= 11 is -1.76. The Morgan fingerprint density at radius 3 is 2.12 bits per heavy atom.